The summed E-state index contributed by atoms with van der Waals surface area (Å²) in [5.74, 6) is 1.03. The van der Waals surface area contributed by atoms with Crippen LogP contribution in [-0.4, -0.2) is 64.7 Å². The van der Waals surface area contributed by atoms with Crippen molar-refractivity contribution >= 4 is 28.4 Å². The van der Waals surface area contributed by atoms with Crippen LogP contribution in [0.15, 0.2) is 79.0 Å². The maximum absolute atomic E-state index is 13.9. The van der Waals surface area contributed by atoms with E-state index in [1.165, 1.54) is 16.5 Å². The van der Waals surface area contributed by atoms with Crippen LogP contribution < -0.4 is 4.74 Å². The lowest BCUT2D eigenvalue weighted by Crippen LogP contribution is -2.45. The zero-order valence-corrected chi connectivity index (χ0v) is 26.9. The van der Waals surface area contributed by atoms with Crippen LogP contribution in [-0.2, 0) is 23.2 Å². The van der Waals surface area contributed by atoms with E-state index in [1.807, 2.05) is 28.1 Å². The third-order valence-corrected chi connectivity index (χ3v) is 7.83. The Morgan fingerprint density at radius 3 is 2.35 bits per heavy atom. The van der Waals surface area contributed by atoms with Crippen LogP contribution in [0.2, 0.25) is 5.02 Å². The van der Waals surface area contributed by atoms with Gasteiger partial charge in [0.2, 0.25) is 5.91 Å². The Hall–Kier alpha value is -3.32. The molecule has 0 radical (unpaired) electrons. The molecule has 6 nitrogen and oxygen atoms in total. The number of carbonyl (C=O) groups is 1. The fourth-order valence-electron chi connectivity index (χ4n) is 5.30. The maximum atomic E-state index is 13.9. The Bertz CT molecular complexity index is 1440. The lowest BCUT2D eigenvalue weighted by atomic mass is 9.87. The highest BCUT2D eigenvalue weighted by Crippen LogP contribution is 2.23. The predicted molar refractivity (Wildman–Crippen MR) is 177 cm³/mol. The third-order valence-electron chi connectivity index (χ3n) is 7.58. The molecule has 1 atom stereocenters. The summed E-state index contributed by atoms with van der Waals surface area (Å²) in [5, 5.41) is 12.7. The number of hydrogen-bond acceptors (Lipinski definition) is 4. The number of nitrogens with zero attached hydrogens (tertiary/aromatic N) is 2. The first kappa shape index (κ1) is 32.6. The van der Waals surface area contributed by atoms with E-state index < -0.39 is 6.10 Å². The molecule has 3 aromatic carbocycles. The van der Waals surface area contributed by atoms with Crippen LogP contribution in [0.3, 0.4) is 0 Å². The van der Waals surface area contributed by atoms with E-state index in [9.17, 15) is 9.90 Å². The average molecular weight is 604 g/mol. The lowest BCUT2D eigenvalue weighted by Gasteiger charge is -2.30. The van der Waals surface area contributed by atoms with Crippen molar-refractivity contribution in [2.24, 2.45) is 5.92 Å². The summed E-state index contributed by atoms with van der Waals surface area (Å²) >= 11 is 5.97. The van der Waals surface area contributed by atoms with E-state index in [2.05, 4.69) is 76.0 Å². The molecule has 0 saturated carbocycles. The number of carbonyl (C=O) groups excluding carboxylic acids is 1. The second-order valence-electron chi connectivity index (χ2n) is 12.9. The van der Waals surface area contributed by atoms with Gasteiger partial charge in [0.1, 0.15) is 18.5 Å². The highest BCUT2D eigenvalue weighted by molar-refractivity contribution is 6.30. The van der Waals surface area contributed by atoms with Crippen LogP contribution >= 0.6 is 11.6 Å². The quantitative estimate of drug-likeness (QED) is 0.161. The number of aromatic amines is 1. The Kier molecular flexibility index (Phi) is 11.3. The fourth-order valence-corrected chi connectivity index (χ4v) is 5.43. The van der Waals surface area contributed by atoms with Crippen LogP contribution in [0.25, 0.3) is 10.9 Å². The molecule has 4 aromatic rings. The summed E-state index contributed by atoms with van der Waals surface area (Å²) in [6.07, 6.45) is 2.05. The zero-order chi connectivity index (χ0) is 31.0. The number of ether oxygens (including phenoxy) is 1. The van der Waals surface area contributed by atoms with Gasteiger partial charge in [0.05, 0.1) is 6.54 Å². The number of nitrogens with one attached hydrogen (secondary N) is 1. The minimum atomic E-state index is -0.744. The van der Waals surface area contributed by atoms with Gasteiger partial charge in [-0.05, 0) is 64.8 Å². The molecule has 0 unspecified atom stereocenters. The monoisotopic (exact) mass is 603 g/mol. The summed E-state index contributed by atoms with van der Waals surface area (Å²) in [6, 6.07) is 24.0. The number of para-hydroxylation sites is 1. The molecule has 0 aliphatic rings. The number of rotatable bonds is 14. The van der Waals surface area contributed by atoms with E-state index in [-0.39, 0.29) is 24.5 Å². The Labute approximate surface area is 261 Å². The number of hydrogen-bond donors (Lipinski definition) is 2. The number of fused-ring (bicyclic) bond motifs is 1. The van der Waals surface area contributed by atoms with Gasteiger partial charge < -0.3 is 19.7 Å². The van der Waals surface area contributed by atoms with Gasteiger partial charge in [-0.15, -0.1) is 0 Å². The normalized spacial score (nSPS) is 12.7. The van der Waals surface area contributed by atoms with Gasteiger partial charge in [0.25, 0.3) is 0 Å². The van der Waals surface area contributed by atoms with E-state index >= 15 is 0 Å². The van der Waals surface area contributed by atoms with Crippen molar-refractivity contribution in [3.63, 3.8) is 0 Å². The molecule has 7 heteroatoms. The van der Waals surface area contributed by atoms with E-state index in [1.54, 1.807) is 24.3 Å². The second kappa shape index (κ2) is 14.9. The number of aromatic nitrogens is 1. The number of aliphatic hydroxyl groups is 1. The summed E-state index contributed by atoms with van der Waals surface area (Å²) in [4.78, 5) is 21.3. The fraction of sp³-hybridized carbons (Fsp3) is 0.417. The second-order valence-corrected chi connectivity index (χ2v) is 13.3. The van der Waals surface area contributed by atoms with E-state index in [4.69, 9.17) is 16.3 Å². The number of benzene rings is 3. The smallest absolute Gasteiger partial charge is 0.237 e. The number of H-pyrrole nitrogens is 1. The first-order valence-corrected chi connectivity index (χ1v) is 15.6. The van der Waals surface area contributed by atoms with Crippen molar-refractivity contribution in [3.8, 4) is 5.75 Å². The molecule has 1 heterocycles. The third kappa shape index (κ3) is 9.85. The van der Waals surface area contributed by atoms with Crippen molar-refractivity contribution in [3.05, 3.63) is 101 Å². The molecule has 0 fully saturated rings. The van der Waals surface area contributed by atoms with Gasteiger partial charge in [0, 0.05) is 48.3 Å². The van der Waals surface area contributed by atoms with Gasteiger partial charge in [-0.3, -0.25) is 9.69 Å². The van der Waals surface area contributed by atoms with Crippen molar-refractivity contribution in [1.29, 1.82) is 0 Å². The number of halogens is 1. The van der Waals surface area contributed by atoms with Gasteiger partial charge in [-0.25, -0.2) is 0 Å². The van der Waals surface area contributed by atoms with Crippen LogP contribution in [0.5, 0.6) is 5.75 Å². The molecular formula is C36H46ClN3O3. The molecule has 0 bridgehead atoms. The molecule has 1 amide bonds. The summed E-state index contributed by atoms with van der Waals surface area (Å²) < 4.78 is 5.77. The molecule has 0 aliphatic carbocycles. The SMILES string of the molecule is CC(C)CN(CC(=O)N(CCc1c[nH]c2ccccc12)Cc1ccc(C(C)(C)C)cc1)C[C@@H](O)COc1ccc(Cl)cc1. The minimum Gasteiger partial charge on any atom is -0.491 e. The Morgan fingerprint density at radius 1 is 0.977 bits per heavy atom. The first-order chi connectivity index (χ1) is 20.5. The van der Waals surface area contributed by atoms with Gasteiger partial charge in [-0.2, -0.15) is 0 Å². The molecule has 0 aliphatic heterocycles. The molecule has 4 rings (SSSR count). The van der Waals surface area contributed by atoms with Crippen molar-refractivity contribution < 1.29 is 14.6 Å². The largest absolute Gasteiger partial charge is 0.491 e. The van der Waals surface area contributed by atoms with Gasteiger partial charge in [-0.1, -0.05) is 88.7 Å². The molecule has 1 aromatic heterocycles. The highest BCUT2D eigenvalue weighted by Gasteiger charge is 2.22. The molecule has 0 saturated heterocycles. The zero-order valence-electron chi connectivity index (χ0n) is 26.1. The van der Waals surface area contributed by atoms with Gasteiger partial charge >= 0.3 is 0 Å². The molecule has 43 heavy (non-hydrogen) atoms. The number of aliphatic hydroxyl groups excluding tert-OH is 1. The van der Waals surface area contributed by atoms with Crippen LogP contribution in [0.4, 0.5) is 0 Å². The summed E-state index contributed by atoms with van der Waals surface area (Å²) in [7, 11) is 0. The van der Waals surface area contributed by atoms with Crippen molar-refractivity contribution in [1.82, 2.24) is 14.8 Å². The molecule has 2 N–H and O–H groups in total. The van der Waals surface area contributed by atoms with Gasteiger partial charge in [0.15, 0.2) is 0 Å². The summed E-state index contributed by atoms with van der Waals surface area (Å²) in [6.45, 7) is 13.4. The Balaban J connectivity index is 1.46. The topological polar surface area (TPSA) is 68.8 Å². The van der Waals surface area contributed by atoms with Crippen molar-refractivity contribution in [2.45, 2.75) is 59.1 Å². The first-order valence-electron chi connectivity index (χ1n) is 15.2. The van der Waals surface area contributed by atoms with Crippen molar-refractivity contribution in [2.75, 3.05) is 32.8 Å². The van der Waals surface area contributed by atoms with E-state index in [0.717, 1.165) is 17.5 Å². The minimum absolute atomic E-state index is 0.0474. The average Bonchev–Trinajstić information content (AvgIpc) is 3.37. The summed E-state index contributed by atoms with van der Waals surface area (Å²) in [5.41, 5.74) is 4.74. The number of amides is 1. The van der Waals surface area contributed by atoms with Crippen LogP contribution in [0.1, 0.15) is 51.3 Å². The highest BCUT2D eigenvalue weighted by atomic mass is 35.5. The standard InChI is InChI=1S/C36H46ClN3O3/c1-26(2)21-39(23-31(41)25-43-32-16-14-30(37)15-17-32)24-35(42)40(22-27-10-12-29(13-11-27)36(3,4)5)19-18-28-20-38-34-9-7-6-8-33(28)34/h6-17,20,26,31,38,41H,18-19,21-25H2,1-5H3/t31-/m1/s1. The molecule has 230 valence electrons. The molecular weight excluding hydrogens is 558 g/mol. The predicted octanol–water partition coefficient (Wildman–Crippen LogP) is 7.09. The van der Waals surface area contributed by atoms with E-state index in [0.29, 0.717) is 42.9 Å². The Morgan fingerprint density at radius 2 is 1.67 bits per heavy atom. The van der Waals surface area contributed by atoms with Crippen LogP contribution in [0, 0.1) is 5.92 Å². The molecule has 0 spiro atoms. The maximum Gasteiger partial charge on any atom is 0.237 e. The lowest BCUT2D eigenvalue weighted by molar-refractivity contribution is -0.133.